The standard InChI is InChI=1S/C11H16ClN5O2/c1-7-5-16(2)4-3-8(7)15-11-9(17(18)19)10(12)13-6-14-11/h6-8H,3-5H2,1-2H3,(H,13,14,15). The number of hydrogen-bond donors (Lipinski definition) is 1. The van der Waals surface area contributed by atoms with Gasteiger partial charge in [-0.1, -0.05) is 18.5 Å². The molecule has 1 fully saturated rings. The fourth-order valence-corrected chi connectivity index (χ4v) is 2.57. The molecule has 19 heavy (non-hydrogen) atoms. The van der Waals surface area contributed by atoms with E-state index in [1.807, 2.05) is 0 Å². The van der Waals surface area contributed by atoms with Gasteiger partial charge in [0.2, 0.25) is 11.0 Å². The molecule has 0 spiro atoms. The Bertz CT molecular complexity index is 484. The Labute approximate surface area is 116 Å². The number of likely N-dealkylation sites (tertiary alicyclic amines) is 1. The summed E-state index contributed by atoms with van der Waals surface area (Å²) in [7, 11) is 2.07. The van der Waals surface area contributed by atoms with E-state index in [4.69, 9.17) is 11.6 Å². The van der Waals surface area contributed by atoms with E-state index in [0.29, 0.717) is 5.92 Å². The van der Waals surface area contributed by atoms with Gasteiger partial charge in [0.1, 0.15) is 6.33 Å². The van der Waals surface area contributed by atoms with Crippen LogP contribution in [0.4, 0.5) is 11.5 Å². The summed E-state index contributed by atoms with van der Waals surface area (Å²) < 4.78 is 0. The van der Waals surface area contributed by atoms with Gasteiger partial charge < -0.3 is 10.2 Å². The first-order chi connectivity index (χ1) is 8.99. The predicted octanol–water partition coefficient (Wildman–Crippen LogP) is 1.79. The quantitative estimate of drug-likeness (QED) is 0.518. The van der Waals surface area contributed by atoms with Crippen LogP contribution in [0.1, 0.15) is 13.3 Å². The zero-order valence-electron chi connectivity index (χ0n) is 10.8. The number of hydrogen-bond acceptors (Lipinski definition) is 6. The predicted molar refractivity (Wildman–Crippen MR) is 72.4 cm³/mol. The molecule has 2 unspecified atom stereocenters. The summed E-state index contributed by atoms with van der Waals surface area (Å²) in [5.41, 5.74) is -0.254. The van der Waals surface area contributed by atoms with Crippen molar-refractivity contribution < 1.29 is 4.92 Å². The minimum atomic E-state index is -0.551. The first-order valence-corrected chi connectivity index (χ1v) is 6.46. The van der Waals surface area contributed by atoms with Crippen LogP contribution in [0, 0.1) is 16.0 Å². The monoisotopic (exact) mass is 285 g/mol. The Hall–Kier alpha value is -1.47. The number of piperidine rings is 1. The van der Waals surface area contributed by atoms with Crippen LogP contribution in [-0.4, -0.2) is 46.0 Å². The van der Waals surface area contributed by atoms with Crippen molar-refractivity contribution in [2.75, 3.05) is 25.5 Å². The summed E-state index contributed by atoms with van der Waals surface area (Å²) in [4.78, 5) is 20.3. The third-order valence-electron chi connectivity index (χ3n) is 3.39. The first kappa shape index (κ1) is 14.0. The summed E-state index contributed by atoms with van der Waals surface area (Å²) in [6.07, 6.45) is 2.15. The Kier molecular flexibility index (Phi) is 4.16. The molecule has 2 rings (SSSR count). The molecule has 0 aliphatic carbocycles. The number of aromatic nitrogens is 2. The highest BCUT2D eigenvalue weighted by Crippen LogP contribution is 2.30. The fourth-order valence-electron chi connectivity index (χ4n) is 2.37. The van der Waals surface area contributed by atoms with Gasteiger partial charge in [-0.15, -0.1) is 0 Å². The lowest BCUT2D eigenvalue weighted by Crippen LogP contribution is -2.43. The van der Waals surface area contributed by atoms with Crippen molar-refractivity contribution in [1.29, 1.82) is 0 Å². The molecule has 104 valence electrons. The van der Waals surface area contributed by atoms with Crippen molar-refractivity contribution in [3.63, 3.8) is 0 Å². The number of anilines is 1. The smallest absolute Gasteiger partial charge is 0.348 e. The summed E-state index contributed by atoms with van der Waals surface area (Å²) >= 11 is 5.76. The molecule has 0 amide bonds. The number of rotatable bonds is 3. The molecule has 0 bridgehead atoms. The largest absolute Gasteiger partial charge is 0.361 e. The molecular weight excluding hydrogens is 270 g/mol. The third kappa shape index (κ3) is 3.10. The topological polar surface area (TPSA) is 84.2 Å². The lowest BCUT2D eigenvalue weighted by molar-refractivity contribution is -0.384. The Balaban J connectivity index is 2.19. The molecule has 0 saturated carbocycles. The Morgan fingerprint density at radius 3 is 2.95 bits per heavy atom. The van der Waals surface area contributed by atoms with Gasteiger partial charge in [-0.05, 0) is 25.9 Å². The number of nitrogens with one attached hydrogen (secondary N) is 1. The molecule has 2 atom stereocenters. The van der Waals surface area contributed by atoms with Gasteiger partial charge in [0, 0.05) is 12.6 Å². The van der Waals surface area contributed by atoms with Crippen LogP contribution in [0.3, 0.4) is 0 Å². The van der Waals surface area contributed by atoms with Gasteiger partial charge in [-0.25, -0.2) is 9.97 Å². The van der Waals surface area contributed by atoms with Crippen LogP contribution in [0.2, 0.25) is 5.15 Å². The minimum Gasteiger partial charge on any atom is -0.361 e. The van der Waals surface area contributed by atoms with Crippen molar-refractivity contribution in [1.82, 2.24) is 14.9 Å². The van der Waals surface area contributed by atoms with E-state index in [0.717, 1.165) is 19.5 Å². The van der Waals surface area contributed by atoms with Gasteiger partial charge in [0.05, 0.1) is 4.92 Å². The number of nitro groups is 1. The first-order valence-electron chi connectivity index (χ1n) is 6.09. The van der Waals surface area contributed by atoms with Crippen molar-refractivity contribution >= 4 is 23.1 Å². The number of nitrogens with zero attached hydrogens (tertiary/aromatic N) is 4. The van der Waals surface area contributed by atoms with Crippen molar-refractivity contribution in [3.8, 4) is 0 Å². The van der Waals surface area contributed by atoms with Crippen LogP contribution in [0.5, 0.6) is 0 Å². The highest BCUT2D eigenvalue weighted by molar-refractivity contribution is 6.31. The zero-order valence-corrected chi connectivity index (χ0v) is 11.6. The van der Waals surface area contributed by atoms with Crippen LogP contribution in [0.15, 0.2) is 6.33 Å². The maximum atomic E-state index is 11.0. The van der Waals surface area contributed by atoms with Crippen LogP contribution < -0.4 is 5.32 Å². The zero-order chi connectivity index (χ0) is 14.0. The molecule has 1 aromatic rings. The fraction of sp³-hybridized carbons (Fsp3) is 0.636. The SMILES string of the molecule is CC1CN(C)CCC1Nc1ncnc(Cl)c1[N+](=O)[O-]. The lowest BCUT2D eigenvalue weighted by atomic mass is 9.94. The summed E-state index contributed by atoms with van der Waals surface area (Å²) in [6.45, 7) is 4.01. The van der Waals surface area contributed by atoms with Gasteiger partial charge >= 0.3 is 5.69 Å². The van der Waals surface area contributed by atoms with Crippen molar-refractivity contribution in [3.05, 3.63) is 21.6 Å². The second kappa shape index (κ2) is 5.66. The molecule has 0 radical (unpaired) electrons. The lowest BCUT2D eigenvalue weighted by Gasteiger charge is -2.35. The second-order valence-electron chi connectivity index (χ2n) is 4.90. The van der Waals surface area contributed by atoms with Crippen molar-refractivity contribution in [2.24, 2.45) is 5.92 Å². The highest BCUT2D eigenvalue weighted by Gasteiger charge is 2.28. The van der Waals surface area contributed by atoms with Crippen LogP contribution in [-0.2, 0) is 0 Å². The molecule has 0 aromatic carbocycles. The number of halogens is 1. The van der Waals surface area contributed by atoms with Crippen LogP contribution in [0.25, 0.3) is 0 Å². The van der Waals surface area contributed by atoms with E-state index in [1.54, 1.807) is 0 Å². The summed E-state index contributed by atoms with van der Waals surface area (Å²) in [5, 5.41) is 14.0. The minimum absolute atomic E-state index is 0.136. The van der Waals surface area contributed by atoms with E-state index in [1.165, 1.54) is 6.33 Å². The van der Waals surface area contributed by atoms with Crippen LogP contribution >= 0.6 is 11.6 Å². The van der Waals surface area contributed by atoms with Crippen molar-refractivity contribution in [2.45, 2.75) is 19.4 Å². The molecular formula is C11H16ClN5O2. The van der Waals surface area contributed by atoms with E-state index in [2.05, 4.69) is 34.2 Å². The third-order valence-corrected chi connectivity index (χ3v) is 3.67. The molecule has 8 heteroatoms. The van der Waals surface area contributed by atoms with Gasteiger partial charge in [0.15, 0.2) is 0 Å². The highest BCUT2D eigenvalue weighted by atomic mass is 35.5. The molecule has 1 aliphatic heterocycles. The average Bonchev–Trinajstić information content (AvgIpc) is 2.32. The van der Waals surface area contributed by atoms with E-state index in [9.17, 15) is 10.1 Å². The maximum absolute atomic E-state index is 11.0. The van der Waals surface area contributed by atoms with E-state index in [-0.39, 0.29) is 22.7 Å². The summed E-state index contributed by atoms with van der Waals surface area (Å²) in [5.74, 6) is 0.582. The Morgan fingerprint density at radius 2 is 2.32 bits per heavy atom. The van der Waals surface area contributed by atoms with E-state index >= 15 is 0 Å². The molecule has 1 saturated heterocycles. The molecule has 7 nitrogen and oxygen atoms in total. The van der Waals surface area contributed by atoms with Gasteiger partial charge in [-0.3, -0.25) is 10.1 Å². The second-order valence-corrected chi connectivity index (χ2v) is 5.26. The summed E-state index contributed by atoms with van der Waals surface area (Å²) in [6, 6.07) is 0.154. The maximum Gasteiger partial charge on any atom is 0.348 e. The molecule has 2 heterocycles. The average molecular weight is 286 g/mol. The Morgan fingerprint density at radius 1 is 1.58 bits per heavy atom. The normalized spacial score (nSPS) is 24.2. The molecule has 1 aromatic heterocycles. The van der Waals surface area contributed by atoms with Gasteiger partial charge in [0.25, 0.3) is 0 Å². The molecule has 1 N–H and O–H groups in total. The van der Waals surface area contributed by atoms with E-state index < -0.39 is 4.92 Å². The molecule has 1 aliphatic rings. The van der Waals surface area contributed by atoms with Gasteiger partial charge in [-0.2, -0.15) is 0 Å².